The number of hydrogen-bond acceptors (Lipinski definition) is 4. The van der Waals surface area contributed by atoms with Gasteiger partial charge in [-0.2, -0.15) is 5.10 Å². The number of carbonyl (C=O) groups is 1. The van der Waals surface area contributed by atoms with Gasteiger partial charge in [0.05, 0.1) is 5.56 Å². The van der Waals surface area contributed by atoms with Crippen LogP contribution in [0.15, 0.2) is 36.8 Å². The Morgan fingerprint density at radius 3 is 2.91 bits per heavy atom. The van der Waals surface area contributed by atoms with E-state index in [9.17, 15) is 4.79 Å². The van der Waals surface area contributed by atoms with Gasteiger partial charge < -0.3 is 5.32 Å². The second-order valence-corrected chi connectivity index (χ2v) is 6.01. The van der Waals surface area contributed by atoms with Crippen LogP contribution in [0.3, 0.4) is 0 Å². The third-order valence-corrected chi connectivity index (χ3v) is 4.37. The van der Waals surface area contributed by atoms with E-state index in [4.69, 9.17) is 0 Å². The third kappa shape index (κ3) is 2.62. The number of nitrogens with one attached hydrogen (secondary N) is 1. The summed E-state index contributed by atoms with van der Waals surface area (Å²) in [7, 11) is 0. The molecule has 22 heavy (non-hydrogen) atoms. The van der Waals surface area contributed by atoms with Crippen molar-refractivity contribution in [3.8, 4) is 5.82 Å². The highest BCUT2D eigenvalue weighted by atomic mass is 16.1. The molecule has 0 bridgehead atoms. The zero-order valence-corrected chi connectivity index (χ0v) is 12.4. The summed E-state index contributed by atoms with van der Waals surface area (Å²) in [6, 6.07) is 6.40. The highest BCUT2D eigenvalue weighted by Crippen LogP contribution is 2.29. The van der Waals surface area contributed by atoms with Crippen LogP contribution in [0.25, 0.3) is 5.82 Å². The molecule has 6 heteroatoms. The second kappa shape index (κ2) is 5.53. The molecule has 0 spiro atoms. The van der Waals surface area contributed by atoms with E-state index >= 15 is 0 Å². The first-order valence-corrected chi connectivity index (χ1v) is 7.81. The van der Waals surface area contributed by atoms with Gasteiger partial charge in [0.15, 0.2) is 5.82 Å². The van der Waals surface area contributed by atoms with Gasteiger partial charge in [-0.05, 0) is 37.5 Å². The maximum atomic E-state index is 12.6. The lowest BCUT2D eigenvalue weighted by Gasteiger charge is -2.16. The molecule has 2 aliphatic rings. The smallest absolute Gasteiger partial charge is 0.255 e. The zero-order valence-electron chi connectivity index (χ0n) is 12.4. The number of rotatable bonds is 4. The Labute approximate surface area is 129 Å². The standard InChI is InChI=1S/C16H19N5O/c22-16(19-12-6-10-20(11-12)13-4-5-13)14-3-1-7-17-15(14)21-9-2-8-18-21/h1-3,7-9,12-13H,4-6,10-11H2,(H,19,22). The van der Waals surface area contributed by atoms with Gasteiger partial charge in [-0.25, -0.2) is 9.67 Å². The lowest BCUT2D eigenvalue weighted by atomic mass is 10.2. The Kier molecular flexibility index (Phi) is 3.38. The first-order chi connectivity index (χ1) is 10.8. The molecule has 0 aromatic carbocycles. The predicted molar refractivity (Wildman–Crippen MR) is 81.8 cm³/mol. The van der Waals surface area contributed by atoms with Crippen LogP contribution in [0.4, 0.5) is 0 Å². The van der Waals surface area contributed by atoms with E-state index < -0.39 is 0 Å². The monoisotopic (exact) mass is 297 g/mol. The van der Waals surface area contributed by atoms with Crippen molar-refractivity contribution in [1.29, 1.82) is 0 Å². The van der Waals surface area contributed by atoms with Gasteiger partial charge in [-0.1, -0.05) is 0 Å². The summed E-state index contributed by atoms with van der Waals surface area (Å²) in [5.41, 5.74) is 0.566. The van der Waals surface area contributed by atoms with Gasteiger partial charge in [0.25, 0.3) is 5.91 Å². The quantitative estimate of drug-likeness (QED) is 0.922. The summed E-state index contributed by atoms with van der Waals surface area (Å²) in [5.74, 6) is 0.503. The number of hydrogen-bond donors (Lipinski definition) is 1. The maximum absolute atomic E-state index is 12.6. The summed E-state index contributed by atoms with van der Waals surface area (Å²) in [5, 5.41) is 7.32. The van der Waals surface area contributed by atoms with Crippen molar-refractivity contribution in [2.24, 2.45) is 0 Å². The number of aromatic nitrogens is 3. The van der Waals surface area contributed by atoms with Gasteiger partial charge in [-0.3, -0.25) is 9.69 Å². The molecule has 1 saturated heterocycles. The third-order valence-electron chi connectivity index (χ3n) is 4.37. The molecule has 1 aliphatic carbocycles. The number of amides is 1. The molecule has 1 N–H and O–H groups in total. The Bertz CT molecular complexity index is 665. The molecule has 0 radical (unpaired) electrons. The minimum absolute atomic E-state index is 0.0683. The number of nitrogens with zero attached hydrogens (tertiary/aromatic N) is 4. The second-order valence-electron chi connectivity index (χ2n) is 6.01. The molecule has 114 valence electrons. The molecule has 1 atom stereocenters. The average Bonchev–Trinajstić information content (AvgIpc) is 3.06. The van der Waals surface area contributed by atoms with Crippen LogP contribution in [0.1, 0.15) is 29.6 Å². The van der Waals surface area contributed by atoms with Crippen molar-refractivity contribution in [2.45, 2.75) is 31.3 Å². The van der Waals surface area contributed by atoms with Gasteiger partial charge in [-0.15, -0.1) is 0 Å². The minimum atomic E-state index is -0.0683. The largest absolute Gasteiger partial charge is 0.348 e. The Morgan fingerprint density at radius 1 is 1.23 bits per heavy atom. The summed E-state index contributed by atoms with van der Waals surface area (Å²) in [4.78, 5) is 19.4. The van der Waals surface area contributed by atoms with Crippen LogP contribution in [0, 0.1) is 0 Å². The van der Waals surface area contributed by atoms with Gasteiger partial charge in [0.2, 0.25) is 0 Å². The highest BCUT2D eigenvalue weighted by Gasteiger charge is 2.35. The SMILES string of the molecule is O=C(NC1CCN(C2CC2)C1)c1cccnc1-n1cccn1. The highest BCUT2D eigenvalue weighted by molar-refractivity contribution is 5.97. The van der Waals surface area contributed by atoms with Crippen LogP contribution >= 0.6 is 0 Å². The lowest BCUT2D eigenvalue weighted by Crippen LogP contribution is -2.38. The zero-order chi connectivity index (χ0) is 14.9. The molecule has 6 nitrogen and oxygen atoms in total. The molecule has 1 unspecified atom stereocenters. The van der Waals surface area contributed by atoms with Crippen LogP contribution in [-0.2, 0) is 0 Å². The van der Waals surface area contributed by atoms with Crippen molar-refractivity contribution in [3.05, 3.63) is 42.4 Å². The van der Waals surface area contributed by atoms with Crippen molar-refractivity contribution in [2.75, 3.05) is 13.1 Å². The van der Waals surface area contributed by atoms with E-state index in [2.05, 4.69) is 20.3 Å². The first kappa shape index (κ1) is 13.5. The van der Waals surface area contributed by atoms with Gasteiger partial charge in [0.1, 0.15) is 0 Å². The maximum Gasteiger partial charge on any atom is 0.255 e. The summed E-state index contributed by atoms with van der Waals surface area (Å²) < 4.78 is 1.63. The lowest BCUT2D eigenvalue weighted by molar-refractivity contribution is 0.0937. The van der Waals surface area contributed by atoms with Crippen molar-refractivity contribution in [1.82, 2.24) is 25.0 Å². The van der Waals surface area contributed by atoms with Crippen LogP contribution in [0.2, 0.25) is 0 Å². The van der Waals surface area contributed by atoms with Crippen molar-refractivity contribution >= 4 is 5.91 Å². The molecule has 1 saturated carbocycles. The number of carbonyl (C=O) groups excluding carboxylic acids is 1. The molecule has 2 aromatic heterocycles. The topological polar surface area (TPSA) is 63.1 Å². The normalized spacial score (nSPS) is 21.9. The summed E-state index contributed by atoms with van der Waals surface area (Å²) in [6.07, 6.45) is 8.81. The Balaban J connectivity index is 1.49. The fourth-order valence-electron chi connectivity index (χ4n) is 3.09. The van der Waals surface area contributed by atoms with Crippen molar-refractivity contribution < 1.29 is 4.79 Å². The van der Waals surface area contributed by atoms with Crippen LogP contribution in [-0.4, -0.2) is 50.7 Å². The molecule has 2 fully saturated rings. The van der Waals surface area contributed by atoms with E-state index in [-0.39, 0.29) is 11.9 Å². The summed E-state index contributed by atoms with van der Waals surface area (Å²) in [6.45, 7) is 2.06. The molecule has 2 aromatic rings. The molecule has 3 heterocycles. The van der Waals surface area contributed by atoms with E-state index in [1.807, 2.05) is 6.07 Å². The van der Waals surface area contributed by atoms with E-state index in [1.165, 1.54) is 12.8 Å². The van der Waals surface area contributed by atoms with E-state index in [0.29, 0.717) is 11.4 Å². The van der Waals surface area contributed by atoms with Gasteiger partial charge >= 0.3 is 0 Å². The van der Waals surface area contributed by atoms with Crippen LogP contribution in [0.5, 0.6) is 0 Å². The van der Waals surface area contributed by atoms with Crippen LogP contribution < -0.4 is 5.32 Å². The van der Waals surface area contributed by atoms with Gasteiger partial charge in [0, 0.05) is 43.8 Å². The fraction of sp³-hybridized carbons (Fsp3) is 0.438. The fourth-order valence-corrected chi connectivity index (χ4v) is 3.09. The minimum Gasteiger partial charge on any atom is -0.348 e. The molecule has 1 amide bonds. The Hall–Kier alpha value is -2.21. The van der Waals surface area contributed by atoms with Crippen molar-refractivity contribution in [3.63, 3.8) is 0 Å². The number of likely N-dealkylation sites (tertiary alicyclic amines) is 1. The Morgan fingerprint density at radius 2 is 2.14 bits per heavy atom. The molecular formula is C16H19N5O. The first-order valence-electron chi connectivity index (χ1n) is 7.81. The average molecular weight is 297 g/mol. The molecule has 1 aliphatic heterocycles. The van der Waals surface area contributed by atoms with E-state index in [0.717, 1.165) is 25.6 Å². The molecule has 4 rings (SSSR count). The molecular weight excluding hydrogens is 278 g/mol. The summed E-state index contributed by atoms with van der Waals surface area (Å²) >= 11 is 0. The number of pyridine rings is 1. The van der Waals surface area contributed by atoms with E-state index in [1.54, 1.807) is 35.4 Å². The predicted octanol–water partition coefficient (Wildman–Crippen LogP) is 1.23.